The third kappa shape index (κ3) is 3.44. The number of hydrogen-bond acceptors (Lipinski definition) is 4. The fourth-order valence-electron chi connectivity index (χ4n) is 3.67. The average Bonchev–Trinajstić information content (AvgIpc) is 2.73. The third-order valence-electron chi connectivity index (χ3n) is 5.26. The topological polar surface area (TPSA) is 78.1 Å². The standard InChI is InChI=1S/C23H19FN4O2/c1-2-21(29)27-13-17(14-27)26-22-18-5-3-4-6-20(18)28(23(30)19(22)11-25)12-15-7-9-16(24)10-8-15/h2-10,17,26H,1,12-14H2. The number of nitrogens with one attached hydrogen (secondary N) is 1. The van der Waals surface area contributed by atoms with Gasteiger partial charge in [0.05, 0.1) is 23.8 Å². The molecule has 1 aliphatic rings. The SMILES string of the molecule is C=CC(=O)N1CC(Nc2c(C#N)c(=O)n(Cc3ccc(F)cc3)c3ccccc23)C1. The van der Waals surface area contributed by atoms with Crippen molar-refractivity contribution < 1.29 is 9.18 Å². The summed E-state index contributed by atoms with van der Waals surface area (Å²) >= 11 is 0. The van der Waals surface area contributed by atoms with Gasteiger partial charge in [0.2, 0.25) is 5.91 Å². The Morgan fingerprint density at radius 1 is 1.23 bits per heavy atom. The first-order chi connectivity index (χ1) is 14.5. The minimum Gasteiger partial charge on any atom is -0.377 e. The number of rotatable bonds is 5. The van der Waals surface area contributed by atoms with E-state index in [9.17, 15) is 19.2 Å². The Balaban J connectivity index is 1.75. The van der Waals surface area contributed by atoms with Crippen LogP contribution in [-0.2, 0) is 11.3 Å². The van der Waals surface area contributed by atoms with E-state index in [1.807, 2.05) is 30.3 Å². The average molecular weight is 402 g/mol. The molecule has 2 heterocycles. The van der Waals surface area contributed by atoms with Crippen LogP contribution in [0.5, 0.6) is 0 Å². The highest BCUT2D eigenvalue weighted by molar-refractivity contribution is 5.95. The number of halogens is 1. The normalized spacial score (nSPS) is 13.5. The Morgan fingerprint density at radius 3 is 2.60 bits per heavy atom. The number of nitriles is 1. The lowest BCUT2D eigenvalue weighted by Crippen LogP contribution is -2.56. The molecule has 0 bridgehead atoms. The molecule has 7 heteroatoms. The van der Waals surface area contributed by atoms with Gasteiger partial charge in [0, 0.05) is 18.5 Å². The van der Waals surface area contributed by atoms with Gasteiger partial charge in [0.15, 0.2) is 0 Å². The van der Waals surface area contributed by atoms with Crippen LogP contribution in [0.25, 0.3) is 10.9 Å². The van der Waals surface area contributed by atoms with E-state index in [0.717, 1.165) is 10.9 Å². The lowest BCUT2D eigenvalue weighted by atomic mass is 10.0. The summed E-state index contributed by atoms with van der Waals surface area (Å²) in [7, 11) is 0. The van der Waals surface area contributed by atoms with Gasteiger partial charge < -0.3 is 14.8 Å². The molecule has 0 unspecified atom stereocenters. The summed E-state index contributed by atoms with van der Waals surface area (Å²) in [6.45, 7) is 4.65. The Labute approximate surface area is 172 Å². The second-order valence-corrected chi connectivity index (χ2v) is 7.19. The summed E-state index contributed by atoms with van der Waals surface area (Å²) in [5.74, 6) is -0.495. The van der Waals surface area contributed by atoms with Crippen molar-refractivity contribution in [2.45, 2.75) is 12.6 Å². The summed E-state index contributed by atoms with van der Waals surface area (Å²) in [4.78, 5) is 26.5. The largest absolute Gasteiger partial charge is 0.377 e. The van der Waals surface area contributed by atoms with Gasteiger partial charge >= 0.3 is 0 Å². The van der Waals surface area contributed by atoms with E-state index >= 15 is 0 Å². The first-order valence-electron chi connectivity index (χ1n) is 9.49. The summed E-state index contributed by atoms with van der Waals surface area (Å²) in [6.07, 6.45) is 1.27. The van der Waals surface area contributed by atoms with Crippen LogP contribution in [0.15, 0.2) is 66.0 Å². The monoisotopic (exact) mass is 402 g/mol. The summed E-state index contributed by atoms with van der Waals surface area (Å²) in [6, 6.07) is 15.2. The van der Waals surface area contributed by atoms with Gasteiger partial charge in [-0.05, 0) is 29.8 Å². The minimum absolute atomic E-state index is 0.0179. The van der Waals surface area contributed by atoms with E-state index in [-0.39, 0.29) is 29.9 Å². The highest BCUT2D eigenvalue weighted by atomic mass is 19.1. The van der Waals surface area contributed by atoms with Gasteiger partial charge in [0.25, 0.3) is 5.56 Å². The van der Waals surface area contributed by atoms with Crippen LogP contribution in [0.4, 0.5) is 10.1 Å². The van der Waals surface area contributed by atoms with Gasteiger partial charge in [-0.3, -0.25) is 9.59 Å². The smallest absolute Gasteiger partial charge is 0.271 e. The van der Waals surface area contributed by atoms with Crippen LogP contribution in [-0.4, -0.2) is 34.5 Å². The van der Waals surface area contributed by atoms with E-state index in [0.29, 0.717) is 24.3 Å². The van der Waals surface area contributed by atoms with Crippen molar-refractivity contribution in [3.63, 3.8) is 0 Å². The quantitative estimate of drug-likeness (QED) is 0.666. The first-order valence-corrected chi connectivity index (χ1v) is 9.49. The molecule has 1 aromatic heterocycles. The number of carbonyl (C=O) groups excluding carboxylic acids is 1. The molecular formula is C23H19FN4O2. The molecule has 1 amide bonds. The second-order valence-electron chi connectivity index (χ2n) is 7.19. The molecule has 4 rings (SSSR count). The van der Waals surface area contributed by atoms with Crippen LogP contribution in [0.3, 0.4) is 0 Å². The fourth-order valence-corrected chi connectivity index (χ4v) is 3.67. The Bertz CT molecular complexity index is 1240. The summed E-state index contributed by atoms with van der Waals surface area (Å²) < 4.78 is 14.8. The van der Waals surface area contributed by atoms with Crippen molar-refractivity contribution in [1.29, 1.82) is 5.26 Å². The van der Waals surface area contributed by atoms with Gasteiger partial charge in [-0.1, -0.05) is 36.9 Å². The highest BCUT2D eigenvalue weighted by Crippen LogP contribution is 2.27. The van der Waals surface area contributed by atoms with E-state index in [1.165, 1.54) is 22.8 Å². The molecule has 1 saturated heterocycles. The number of likely N-dealkylation sites (tertiary alicyclic amines) is 1. The van der Waals surface area contributed by atoms with Gasteiger partial charge in [-0.25, -0.2) is 4.39 Å². The molecule has 30 heavy (non-hydrogen) atoms. The van der Waals surface area contributed by atoms with Crippen LogP contribution in [0, 0.1) is 17.1 Å². The molecule has 1 aliphatic heterocycles. The maximum Gasteiger partial charge on any atom is 0.271 e. The van der Waals surface area contributed by atoms with Crippen molar-refractivity contribution in [3.8, 4) is 6.07 Å². The van der Waals surface area contributed by atoms with Crippen molar-refractivity contribution in [2.24, 2.45) is 0 Å². The maximum absolute atomic E-state index is 13.2. The van der Waals surface area contributed by atoms with E-state index in [1.54, 1.807) is 17.0 Å². The Hall–Kier alpha value is -3.92. The van der Waals surface area contributed by atoms with E-state index in [4.69, 9.17) is 0 Å². The number of anilines is 1. The number of amides is 1. The lowest BCUT2D eigenvalue weighted by molar-refractivity contribution is -0.129. The maximum atomic E-state index is 13.2. The number of hydrogen-bond donors (Lipinski definition) is 1. The number of pyridine rings is 1. The number of nitrogens with zero attached hydrogens (tertiary/aromatic N) is 3. The van der Waals surface area contributed by atoms with E-state index < -0.39 is 5.56 Å². The van der Waals surface area contributed by atoms with E-state index in [2.05, 4.69) is 11.9 Å². The zero-order chi connectivity index (χ0) is 21.3. The molecule has 0 aliphatic carbocycles. The minimum atomic E-state index is -0.415. The number of benzene rings is 2. The molecule has 0 saturated carbocycles. The van der Waals surface area contributed by atoms with Crippen LogP contribution in [0.1, 0.15) is 11.1 Å². The lowest BCUT2D eigenvalue weighted by Gasteiger charge is -2.39. The molecule has 1 fully saturated rings. The fraction of sp³-hybridized carbons (Fsp3) is 0.174. The Kier molecular flexibility index (Phi) is 5.07. The van der Waals surface area contributed by atoms with Crippen molar-refractivity contribution >= 4 is 22.5 Å². The molecule has 3 aromatic rings. The molecule has 2 aromatic carbocycles. The predicted molar refractivity (Wildman–Crippen MR) is 113 cm³/mol. The van der Waals surface area contributed by atoms with Crippen molar-refractivity contribution in [2.75, 3.05) is 18.4 Å². The zero-order valence-corrected chi connectivity index (χ0v) is 16.1. The molecule has 150 valence electrons. The van der Waals surface area contributed by atoms with Crippen molar-refractivity contribution in [3.05, 3.63) is 88.5 Å². The highest BCUT2D eigenvalue weighted by Gasteiger charge is 2.30. The summed E-state index contributed by atoms with van der Waals surface area (Å²) in [5.41, 5.74) is 1.51. The third-order valence-corrected chi connectivity index (χ3v) is 5.26. The van der Waals surface area contributed by atoms with Crippen LogP contribution < -0.4 is 10.9 Å². The molecule has 6 nitrogen and oxygen atoms in total. The molecule has 1 N–H and O–H groups in total. The first kappa shape index (κ1) is 19.4. The number of para-hydroxylation sites is 1. The predicted octanol–water partition coefficient (Wildman–Crippen LogP) is 2.87. The van der Waals surface area contributed by atoms with Crippen molar-refractivity contribution in [1.82, 2.24) is 9.47 Å². The van der Waals surface area contributed by atoms with Gasteiger partial charge in [0.1, 0.15) is 17.4 Å². The number of carbonyl (C=O) groups is 1. The number of aromatic nitrogens is 1. The zero-order valence-electron chi connectivity index (χ0n) is 16.1. The number of fused-ring (bicyclic) bond motifs is 1. The molecule has 0 atom stereocenters. The van der Waals surface area contributed by atoms with Crippen LogP contribution >= 0.6 is 0 Å². The van der Waals surface area contributed by atoms with Crippen LogP contribution in [0.2, 0.25) is 0 Å². The molecule has 0 spiro atoms. The second kappa shape index (κ2) is 7.84. The van der Waals surface area contributed by atoms with Gasteiger partial charge in [-0.15, -0.1) is 0 Å². The molecular weight excluding hydrogens is 383 g/mol. The molecule has 0 radical (unpaired) electrons. The Morgan fingerprint density at radius 2 is 1.93 bits per heavy atom. The summed E-state index contributed by atoms with van der Waals surface area (Å²) in [5, 5.41) is 13.8. The van der Waals surface area contributed by atoms with Gasteiger partial charge in [-0.2, -0.15) is 5.26 Å².